The van der Waals surface area contributed by atoms with Gasteiger partial charge in [0, 0.05) is 17.5 Å². The average Bonchev–Trinajstić information content (AvgIpc) is 2.56. The maximum absolute atomic E-state index is 12.1. The van der Waals surface area contributed by atoms with Gasteiger partial charge in [-0.05, 0) is 50.3 Å². The molecule has 24 heavy (non-hydrogen) atoms. The number of carbonyl (C=O) groups is 2. The highest BCUT2D eigenvalue weighted by Gasteiger charge is 2.29. The summed E-state index contributed by atoms with van der Waals surface area (Å²) >= 11 is 11.8. The van der Waals surface area contributed by atoms with Gasteiger partial charge in [0.05, 0.1) is 17.5 Å². The van der Waals surface area contributed by atoms with Crippen LogP contribution in [0.5, 0.6) is 5.75 Å². The summed E-state index contributed by atoms with van der Waals surface area (Å²) in [6.07, 6.45) is 3.09. The predicted octanol–water partition coefficient (Wildman–Crippen LogP) is 3.77. The van der Waals surface area contributed by atoms with Crippen LogP contribution < -0.4 is 10.1 Å². The monoisotopic (exact) mass is 373 g/mol. The number of halogens is 2. The zero-order chi connectivity index (χ0) is 17.5. The second kappa shape index (κ2) is 9.14. The van der Waals surface area contributed by atoms with Crippen LogP contribution in [0, 0.1) is 11.8 Å². The number of rotatable bonds is 7. The molecular weight excluding hydrogens is 353 g/mol. The zero-order valence-corrected chi connectivity index (χ0v) is 14.8. The molecule has 2 N–H and O–H groups in total. The van der Waals surface area contributed by atoms with E-state index >= 15 is 0 Å². The smallest absolute Gasteiger partial charge is 0.306 e. The van der Waals surface area contributed by atoms with Crippen LogP contribution in [0.4, 0.5) is 0 Å². The molecule has 0 heterocycles. The van der Waals surface area contributed by atoms with Crippen LogP contribution in [0.1, 0.15) is 32.1 Å². The summed E-state index contributed by atoms with van der Waals surface area (Å²) in [6.45, 7) is 0.955. The fraction of sp³-hybridized carbons (Fsp3) is 0.529. The van der Waals surface area contributed by atoms with Gasteiger partial charge in [0.25, 0.3) is 0 Å². The third-order valence-corrected chi connectivity index (χ3v) is 4.75. The van der Waals surface area contributed by atoms with Gasteiger partial charge in [-0.2, -0.15) is 0 Å². The Kier molecular flexibility index (Phi) is 7.18. The molecule has 1 aromatic carbocycles. The molecule has 0 unspecified atom stereocenters. The van der Waals surface area contributed by atoms with Crippen molar-refractivity contribution >= 4 is 35.1 Å². The molecule has 0 bridgehead atoms. The van der Waals surface area contributed by atoms with Crippen LogP contribution in [0.2, 0.25) is 10.0 Å². The fourth-order valence-corrected chi connectivity index (χ4v) is 3.27. The van der Waals surface area contributed by atoms with E-state index in [0.717, 1.165) is 0 Å². The first-order valence-electron chi connectivity index (χ1n) is 8.05. The highest BCUT2D eigenvalue weighted by Crippen LogP contribution is 2.29. The van der Waals surface area contributed by atoms with E-state index in [1.807, 2.05) is 0 Å². The molecule has 5 nitrogen and oxygen atoms in total. The van der Waals surface area contributed by atoms with E-state index in [1.165, 1.54) is 0 Å². The highest BCUT2D eigenvalue weighted by molar-refractivity contribution is 6.35. The van der Waals surface area contributed by atoms with Crippen molar-refractivity contribution in [3.63, 3.8) is 0 Å². The van der Waals surface area contributed by atoms with Gasteiger partial charge in [-0.15, -0.1) is 0 Å². The molecule has 132 valence electrons. The number of amides is 1. The summed E-state index contributed by atoms with van der Waals surface area (Å²) < 4.78 is 5.55. The number of benzene rings is 1. The number of aliphatic carboxylic acids is 1. The number of hydrogen-bond acceptors (Lipinski definition) is 3. The molecule has 0 radical (unpaired) electrons. The van der Waals surface area contributed by atoms with E-state index in [1.54, 1.807) is 18.2 Å². The van der Waals surface area contributed by atoms with Crippen LogP contribution in [0.3, 0.4) is 0 Å². The minimum absolute atomic E-state index is 0.00311. The molecule has 1 aliphatic carbocycles. The second-order valence-corrected chi connectivity index (χ2v) is 6.80. The first-order chi connectivity index (χ1) is 11.5. The molecule has 0 aliphatic heterocycles. The van der Waals surface area contributed by atoms with Crippen molar-refractivity contribution in [2.45, 2.75) is 32.1 Å². The van der Waals surface area contributed by atoms with E-state index < -0.39 is 5.97 Å². The van der Waals surface area contributed by atoms with E-state index in [9.17, 15) is 9.59 Å². The zero-order valence-electron chi connectivity index (χ0n) is 13.3. The van der Waals surface area contributed by atoms with Crippen molar-refractivity contribution in [1.29, 1.82) is 0 Å². The molecule has 0 saturated heterocycles. The Balaban J connectivity index is 1.62. The van der Waals surface area contributed by atoms with Crippen molar-refractivity contribution in [3.8, 4) is 5.75 Å². The summed E-state index contributed by atoms with van der Waals surface area (Å²) in [4.78, 5) is 23.0. The SMILES string of the molecule is O=C(O)C1CCC(C(=O)NCCCOc2ccc(Cl)cc2Cl)CC1. The Morgan fingerprint density at radius 1 is 1.17 bits per heavy atom. The average molecular weight is 374 g/mol. The summed E-state index contributed by atoms with van der Waals surface area (Å²) in [5.41, 5.74) is 0. The van der Waals surface area contributed by atoms with Crippen molar-refractivity contribution in [2.24, 2.45) is 11.8 Å². The normalized spacial score (nSPS) is 20.4. The molecule has 0 aromatic heterocycles. The molecule has 1 aromatic rings. The van der Waals surface area contributed by atoms with E-state index in [2.05, 4.69) is 5.32 Å². The van der Waals surface area contributed by atoms with Gasteiger partial charge in [-0.25, -0.2) is 0 Å². The minimum atomic E-state index is -0.758. The summed E-state index contributed by atoms with van der Waals surface area (Å²) in [5, 5.41) is 12.9. The molecule has 1 saturated carbocycles. The van der Waals surface area contributed by atoms with Gasteiger partial charge in [0.1, 0.15) is 5.75 Å². The Morgan fingerprint density at radius 2 is 1.83 bits per heavy atom. The van der Waals surface area contributed by atoms with Crippen LogP contribution in [0.15, 0.2) is 18.2 Å². The molecule has 1 aliphatic rings. The first kappa shape index (κ1) is 18.9. The molecule has 1 fully saturated rings. The summed E-state index contributed by atoms with van der Waals surface area (Å²) in [7, 11) is 0. The summed E-state index contributed by atoms with van der Waals surface area (Å²) in [5.74, 6) is -0.562. The van der Waals surface area contributed by atoms with Gasteiger partial charge in [0.15, 0.2) is 0 Å². The standard InChI is InChI=1S/C17H21Cl2NO4/c18-13-6-7-15(14(19)10-13)24-9-1-8-20-16(21)11-2-4-12(5-3-11)17(22)23/h6-7,10-12H,1-5,8-9H2,(H,20,21)(H,22,23). The van der Waals surface area contributed by atoms with E-state index in [-0.39, 0.29) is 17.7 Å². The maximum atomic E-state index is 12.1. The molecule has 0 atom stereocenters. The van der Waals surface area contributed by atoms with Gasteiger partial charge in [-0.3, -0.25) is 9.59 Å². The van der Waals surface area contributed by atoms with E-state index in [0.29, 0.717) is 61.1 Å². The van der Waals surface area contributed by atoms with Gasteiger partial charge in [-0.1, -0.05) is 23.2 Å². The van der Waals surface area contributed by atoms with Crippen molar-refractivity contribution in [3.05, 3.63) is 28.2 Å². The van der Waals surface area contributed by atoms with Gasteiger partial charge < -0.3 is 15.2 Å². The third kappa shape index (κ3) is 5.56. The van der Waals surface area contributed by atoms with Crippen LogP contribution in [0.25, 0.3) is 0 Å². The molecule has 7 heteroatoms. The lowest BCUT2D eigenvalue weighted by atomic mass is 9.81. The number of carbonyl (C=O) groups excluding carboxylic acids is 1. The first-order valence-corrected chi connectivity index (χ1v) is 8.81. The van der Waals surface area contributed by atoms with Crippen molar-refractivity contribution in [1.82, 2.24) is 5.32 Å². The van der Waals surface area contributed by atoms with E-state index in [4.69, 9.17) is 33.0 Å². The Bertz CT molecular complexity index is 586. The molecule has 1 amide bonds. The third-order valence-electron chi connectivity index (χ3n) is 4.22. The number of hydrogen-bond donors (Lipinski definition) is 2. The van der Waals surface area contributed by atoms with Crippen LogP contribution >= 0.6 is 23.2 Å². The lowest BCUT2D eigenvalue weighted by Gasteiger charge is -2.25. The Morgan fingerprint density at radius 3 is 2.46 bits per heavy atom. The molecular formula is C17H21Cl2NO4. The van der Waals surface area contributed by atoms with Gasteiger partial charge in [0.2, 0.25) is 5.91 Å². The fourth-order valence-electron chi connectivity index (χ4n) is 2.81. The highest BCUT2D eigenvalue weighted by atomic mass is 35.5. The summed E-state index contributed by atoms with van der Waals surface area (Å²) in [6, 6.07) is 5.04. The predicted molar refractivity (Wildman–Crippen MR) is 92.7 cm³/mol. The topological polar surface area (TPSA) is 75.6 Å². The lowest BCUT2D eigenvalue weighted by Crippen LogP contribution is -2.35. The Hall–Kier alpha value is -1.46. The Labute approximate surface area is 151 Å². The number of ether oxygens (including phenoxy) is 1. The van der Waals surface area contributed by atoms with Gasteiger partial charge >= 0.3 is 5.97 Å². The number of carboxylic acids is 1. The van der Waals surface area contributed by atoms with Crippen LogP contribution in [-0.2, 0) is 9.59 Å². The van der Waals surface area contributed by atoms with Crippen molar-refractivity contribution < 1.29 is 19.4 Å². The largest absolute Gasteiger partial charge is 0.492 e. The van der Waals surface area contributed by atoms with Crippen molar-refractivity contribution in [2.75, 3.05) is 13.2 Å². The van der Waals surface area contributed by atoms with Crippen LogP contribution in [-0.4, -0.2) is 30.1 Å². The quantitative estimate of drug-likeness (QED) is 0.713. The minimum Gasteiger partial charge on any atom is -0.492 e. The number of nitrogens with one attached hydrogen (secondary N) is 1. The molecule has 2 rings (SSSR count). The second-order valence-electron chi connectivity index (χ2n) is 5.95. The molecule has 0 spiro atoms. The number of carboxylic acid groups (broad SMARTS) is 1. The maximum Gasteiger partial charge on any atom is 0.306 e. The lowest BCUT2D eigenvalue weighted by molar-refractivity contribution is -0.144.